The van der Waals surface area contributed by atoms with Crippen LogP contribution in [0.15, 0.2) is 60.0 Å². The molecule has 31 heavy (non-hydrogen) atoms. The van der Waals surface area contributed by atoms with Gasteiger partial charge in [0.15, 0.2) is 5.16 Å². The van der Waals surface area contributed by atoms with Gasteiger partial charge in [0.05, 0.1) is 18.0 Å². The Kier molecular flexibility index (Phi) is 6.76. The molecule has 1 aromatic heterocycles. The van der Waals surface area contributed by atoms with E-state index in [0.717, 1.165) is 30.2 Å². The fraction of sp³-hybridized carbons (Fsp3) is 0.348. The number of nitrogens with one attached hydrogen (secondary N) is 1. The average molecular weight is 438 g/mol. The Balaban J connectivity index is 1.39. The molecular weight excluding hydrogens is 410 g/mol. The van der Waals surface area contributed by atoms with Crippen LogP contribution in [-0.4, -0.2) is 46.1 Å². The van der Waals surface area contributed by atoms with Crippen LogP contribution < -0.4 is 15.0 Å². The largest absolute Gasteiger partial charge is 0.497 e. The van der Waals surface area contributed by atoms with E-state index >= 15 is 0 Å². The molecule has 8 heteroatoms. The number of aromatic nitrogens is 3. The van der Waals surface area contributed by atoms with Crippen molar-refractivity contribution >= 4 is 29.0 Å². The van der Waals surface area contributed by atoms with Gasteiger partial charge in [0.2, 0.25) is 5.91 Å². The van der Waals surface area contributed by atoms with Gasteiger partial charge in [0, 0.05) is 30.5 Å². The molecule has 7 nitrogen and oxygen atoms in total. The van der Waals surface area contributed by atoms with Crippen molar-refractivity contribution in [3.8, 4) is 11.4 Å². The lowest BCUT2D eigenvalue weighted by Crippen LogP contribution is -2.29. The van der Waals surface area contributed by atoms with Crippen molar-refractivity contribution in [2.24, 2.45) is 0 Å². The van der Waals surface area contributed by atoms with E-state index in [-0.39, 0.29) is 11.2 Å². The van der Waals surface area contributed by atoms with Gasteiger partial charge in [-0.25, -0.2) is 0 Å². The second-order valence-corrected chi connectivity index (χ2v) is 8.84. The predicted octanol–water partition coefficient (Wildman–Crippen LogP) is 4.39. The number of carbonyl (C=O) groups excluding carboxylic acids is 1. The van der Waals surface area contributed by atoms with Gasteiger partial charge in [-0.2, -0.15) is 0 Å². The highest BCUT2D eigenvalue weighted by Crippen LogP contribution is 2.27. The molecule has 1 saturated heterocycles. The lowest BCUT2D eigenvalue weighted by atomic mass is 10.1. The summed E-state index contributed by atoms with van der Waals surface area (Å²) in [5.74, 6) is 0.678. The number of benzene rings is 2. The summed E-state index contributed by atoms with van der Waals surface area (Å²) in [6, 6.07) is 15.7. The summed E-state index contributed by atoms with van der Waals surface area (Å²) in [5, 5.41) is 11.5. The number of carbonyl (C=O) groups is 1. The zero-order valence-corrected chi connectivity index (χ0v) is 18.6. The van der Waals surface area contributed by atoms with Gasteiger partial charge in [-0.15, -0.1) is 10.2 Å². The molecule has 0 radical (unpaired) electrons. The maximum atomic E-state index is 12.8. The first-order valence-corrected chi connectivity index (χ1v) is 11.4. The number of nitrogens with zero attached hydrogens (tertiary/aromatic N) is 4. The maximum Gasteiger partial charge on any atom is 0.237 e. The van der Waals surface area contributed by atoms with Crippen molar-refractivity contribution in [3.05, 3.63) is 54.9 Å². The van der Waals surface area contributed by atoms with E-state index in [9.17, 15) is 4.79 Å². The Hall–Kier alpha value is -3.00. The molecule has 1 amide bonds. The van der Waals surface area contributed by atoms with Gasteiger partial charge in [0.1, 0.15) is 12.1 Å². The minimum Gasteiger partial charge on any atom is -0.497 e. The van der Waals surface area contributed by atoms with Crippen LogP contribution in [0.4, 0.5) is 11.4 Å². The van der Waals surface area contributed by atoms with E-state index in [2.05, 4.69) is 32.5 Å². The van der Waals surface area contributed by atoms with Crippen LogP contribution in [0.5, 0.6) is 5.75 Å². The van der Waals surface area contributed by atoms with E-state index in [1.54, 1.807) is 13.4 Å². The van der Waals surface area contributed by atoms with Crippen molar-refractivity contribution in [1.29, 1.82) is 0 Å². The first kappa shape index (κ1) is 21.2. The molecule has 0 aliphatic carbocycles. The minimum atomic E-state index is -0.338. The van der Waals surface area contributed by atoms with Gasteiger partial charge < -0.3 is 15.0 Å². The van der Waals surface area contributed by atoms with Gasteiger partial charge in [-0.3, -0.25) is 9.36 Å². The number of hydrogen-bond donors (Lipinski definition) is 1. The second-order valence-electron chi connectivity index (χ2n) is 7.53. The molecule has 0 saturated carbocycles. The number of ether oxygens (including phenoxy) is 1. The number of anilines is 2. The van der Waals surface area contributed by atoms with Crippen LogP contribution in [0.2, 0.25) is 0 Å². The summed E-state index contributed by atoms with van der Waals surface area (Å²) in [6.07, 6.45) is 5.44. The maximum absolute atomic E-state index is 12.8. The Morgan fingerprint density at radius 1 is 1.10 bits per heavy atom. The molecule has 1 aliphatic rings. The van der Waals surface area contributed by atoms with Gasteiger partial charge in [-0.1, -0.05) is 17.8 Å². The van der Waals surface area contributed by atoms with E-state index in [1.807, 2.05) is 47.9 Å². The number of piperidine rings is 1. The van der Waals surface area contributed by atoms with Crippen LogP contribution in [0, 0.1) is 0 Å². The fourth-order valence-corrected chi connectivity index (χ4v) is 4.45. The number of thioether (sulfide) groups is 1. The summed E-state index contributed by atoms with van der Waals surface area (Å²) < 4.78 is 7.15. The predicted molar refractivity (Wildman–Crippen MR) is 124 cm³/mol. The Morgan fingerprint density at radius 3 is 2.61 bits per heavy atom. The molecule has 2 heterocycles. The number of amides is 1. The molecule has 1 aliphatic heterocycles. The number of rotatable bonds is 7. The minimum absolute atomic E-state index is 0.0732. The molecule has 1 unspecified atom stereocenters. The van der Waals surface area contributed by atoms with E-state index < -0.39 is 0 Å². The van der Waals surface area contributed by atoms with E-state index in [1.165, 1.54) is 36.7 Å². The molecule has 3 aromatic rings. The topological polar surface area (TPSA) is 72.3 Å². The van der Waals surface area contributed by atoms with Crippen LogP contribution >= 0.6 is 11.8 Å². The van der Waals surface area contributed by atoms with Crippen molar-refractivity contribution in [3.63, 3.8) is 0 Å². The highest BCUT2D eigenvalue weighted by molar-refractivity contribution is 8.00. The van der Waals surface area contributed by atoms with Crippen LogP contribution in [0.25, 0.3) is 5.69 Å². The van der Waals surface area contributed by atoms with Crippen LogP contribution in [0.1, 0.15) is 26.2 Å². The van der Waals surface area contributed by atoms with Crippen molar-refractivity contribution in [2.75, 3.05) is 30.4 Å². The van der Waals surface area contributed by atoms with Gasteiger partial charge in [0.25, 0.3) is 0 Å². The first-order valence-electron chi connectivity index (χ1n) is 10.5. The van der Waals surface area contributed by atoms with Crippen molar-refractivity contribution < 1.29 is 9.53 Å². The monoisotopic (exact) mass is 437 g/mol. The third-order valence-electron chi connectivity index (χ3n) is 5.36. The molecule has 162 valence electrons. The number of hydrogen-bond acceptors (Lipinski definition) is 6. The van der Waals surface area contributed by atoms with Gasteiger partial charge >= 0.3 is 0 Å². The standard InChI is InChI=1S/C23H27N5O2S/c1-17(31-23-26-24-16-28(23)20-7-6-8-21(15-20)30-2)22(29)25-18-9-11-19(12-10-18)27-13-4-3-5-14-27/h6-12,15-17H,3-5,13-14H2,1-2H3,(H,25,29). The van der Waals surface area contributed by atoms with Crippen LogP contribution in [0.3, 0.4) is 0 Å². The smallest absolute Gasteiger partial charge is 0.237 e. The zero-order chi connectivity index (χ0) is 21.6. The summed E-state index contributed by atoms with van der Waals surface area (Å²) in [6.45, 7) is 4.08. The Morgan fingerprint density at radius 2 is 1.87 bits per heavy atom. The summed E-state index contributed by atoms with van der Waals surface area (Å²) in [4.78, 5) is 15.2. The second kappa shape index (κ2) is 9.87. The third kappa shape index (κ3) is 5.19. The van der Waals surface area contributed by atoms with Crippen molar-refractivity contribution in [1.82, 2.24) is 14.8 Å². The van der Waals surface area contributed by atoms with Crippen molar-refractivity contribution in [2.45, 2.75) is 36.6 Å². The molecule has 0 spiro atoms. The molecule has 0 bridgehead atoms. The quantitative estimate of drug-likeness (QED) is 0.553. The summed E-state index contributed by atoms with van der Waals surface area (Å²) in [7, 11) is 1.63. The van der Waals surface area contributed by atoms with E-state index in [0.29, 0.717) is 5.16 Å². The molecule has 4 rings (SSSR count). The lowest BCUT2D eigenvalue weighted by molar-refractivity contribution is -0.115. The molecular formula is C23H27N5O2S. The first-order chi connectivity index (χ1) is 15.1. The normalized spacial score (nSPS) is 14.8. The Bertz CT molecular complexity index is 1010. The third-order valence-corrected chi connectivity index (χ3v) is 6.41. The van der Waals surface area contributed by atoms with Gasteiger partial charge in [-0.05, 0) is 62.6 Å². The highest BCUT2D eigenvalue weighted by atomic mass is 32.2. The molecule has 1 N–H and O–H groups in total. The fourth-order valence-electron chi connectivity index (χ4n) is 3.61. The Labute approximate surface area is 186 Å². The van der Waals surface area contributed by atoms with Crippen LogP contribution in [-0.2, 0) is 4.79 Å². The SMILES string of the molecule is COc1cccc(-n2cnnc2SC(C)C(=O)Nc2ccc(N3CCCCC3)cc2)c1. The zero-order valence-electron chi connectivity index (χ0n) is 17.8. The highest BCUT2D eigenvalue weighted by Gasteiger charge is 2.19. The number of methoxy groups -OCH3 is 1. The molecule has 1 atom stereocenters. The van der Waals surface area contributed by atoms with E-state index in [4.69, 9.17) is 4.74 Å². The summed E-state index contributed by atoms with van der Waals surface area (Å²) in [5.41, 5.74) is 2.90. The lowest BCUT2D eigenvalue weighted by Gasteiger charge is -2.28. The summed E-state index contributed by atoms with van der Waals surface area (Å²) >= 11 is 1.37. The molecule has 2 aromatic carbocycles. The molecule has 1 fully saturated rings. The average Bonchev–Trinajstić information content (AvgIpc) is 3.28.